The number of amidine groups is 1. The largest absolute Gasteiger partial charge is 0.481 e. The third-order valence-corrected chi connectivity index (χ3v) is 3.20. The van der Waals surface area contributed by atoms with E-state index >= 15 is 0 Å². The van der Waals surface area contributed by atoms with Gasteiger partial charge < -0.3 is 20.2 Å². The normalized spacial score (nSPS) is 17.2. The lowest BCUT2D eigenvalue weighted by Gasteiger charge is -2.21. The molecule has 0 radical (unpaired) electrons. The van der Waals surface area contributed by atoms with Gasteiger partial charge in [-0.3, -0.25) is 0 Å². The zero-order valence-electron chi connectivity index (χ0n) is 11.3. The zero-order valence-corrected chi connectivity index (χ0v) is 11.3. The summed E-state index contributed by atoms with van der Waals surface area (Å²) in [5.74, 6) is 2.21. The summed E-state index contributed by atoms with van der Waals surface area (Å²) in [5, 5.41) is 3.32. The van der Waals surface area contributed by atoms with Crippen molar-refractivity contribution in [3.63, 3.8) is 0 Å². The topological polar surface area (TPSA) is 72.8 Å². The molecule has 1 aromatic heterocycles. The van der Waals surface area contributed by atoms with Crippen LogP contribution in [0, 0.1) is 0 Å². The minimum absolute atomic E-state index is 0.162. The summed E-state index contributed by atoms with van der Waals surface area (Å²) in [6.07, 6.45) is 1.51. The fourth-order valence-corrected chi connectivity index (χ4v) is 2.08. The van der Waals surface area contributed by atoms with E-state index < -0.39 is 0 Å². The number of nitrogens with two attached hydrogens (primary N) is 1. The predicted molar refractivity (Wildman–Crippen MR) is 77.1 cm³/mol. The Labute approximate surface area is 117 Å². The van der Waals surface area contributed by atoms with Crippen molar-refractivity contribution in [3.05, 3.63) is 47.9 Å². The van der Waals surface area contributed by atoms with E-state index in [-0.39, 0.29) is 6.10 Å². The van der Waals surface area contributed by atoms with Crippen molar-refractivity contribution in [2.75, 3.05) is 0 Å². The van der Waals surface area contributed by atoms with E-state index in [1.807, 2.05) is 37.3 Å². The molecule has 1 aliphatic rings. The number of fused-ring (bicyclic) bond motifs is 1. The minimum Gasteiger partial charge on any atom is -0.481 e. The molecular weight excluding hydrogens is 254 g/mol. The number of rotatable bonds is 4. The summed E-state index contributed by atoms with van der Waals surface area (Å²) in [7, 11) is 0. The summed E-state index contributed by atoms with van der Waals surface area (Å²) in [6.45, 7) is 3.32. The molecule has 20 heavy (non-hydrogen) atoms. The van der Waals surface area contributed by atoms with Crippen molar-refractivity contribution in [2.24, 2.45) is 10.7 Å². The van der Waals surface area contributed by atoms with Crippen LogP contribution in [0.25, 0.3) is 0 Å². The van der Waals surface area contributed by atoms with Crippen molar-refractivity contribution < 1.29 is 9.15 Å². The van der Waals surface area contributed by atoms with Gasteiger partial charge in [-0.05, 0) is 36.8 Å². The lowest BCUT2D eigenvalue weighted by Crippen LogP contribution is -2.33. The molecule has 0 aliphatic carbocycles. The number of furan rings is 1. The molecule has 0 bridgehead atoms. The van der Waals surface area contributed by atoms with Crippen LogP contribution < -0.4 is 15.8 Å². The van der Waals surface area contributed by atoms with Gasteiger partial charge in [-0.2, -0.15) is 0 Å². The smallest absolute Gasteiger partial charge is 0.153 e. The number of hydrogen-bond donors (Lipinski definition) is 2. The van der Waals surface area contributed by atoms with Crippen LogP contribution in [-0.2, 0) is 13.1 Å². The highest BCUT2D eigenvalue weighted by Gasteiger charge is 2.18. The predicted octanol–water partition coefficient (Wildman–Crippen LogP) is 2.34. The van der Waals surface area contributed by atoms with Crippen molar-refractivity contribution in [3.8, 4) is 5.75 Å². The molecular formula is C15H17N3O2. The number of aliphatic imine (C=N–C) groups is 1. The molecule has 1 unspecified atom stereocenters. The van der Waals surface area contributed by atoms with Crippen LogP contribution in [0.15, 0.2) is 46.0 Å². The summed E-state index contributed by atoms with van der Waals surface area (Å²) in [6, 6.07) is 9.78. The number of nitrogens with one attached hydrogen (secondary N) is 1. The molecule has 0 fully saturated rings. The van der Waals surface area contributed by atoms with Crippen LogP contribution in [0.1, 0.15) is 18.2 Å². The van der Waals surface area contributed by atoms with Gasteiger partial charge in [-0.15, -0.1) is 0 Å². The van der Waals surface area contributed by atoms with Gasteiger partial charge >= 0.3 is 0 Å². The Hall–Kier alpha value is -2.27. The molecule has 0 saturated carbocycles. The van der Waals surface area contributed by atoms with Gasteiger partial charge in [-0.1, -0.05) is 6.07 Å². The molecule has 2 heterocycles. The van der Waals surface area contributed by atoms with Crippen LogP contribution in [0.5, 0.6) is 5.75 Å². The second kappa shape index (κ2) is 5.38. The molecule has 1 atom stereocenters. The van der Waals surface area contributed by atoms with Gasteiger partial charge in [0.2, 0.25) is 0 Å². The van der Waals surface area contributed by atoms with Crippen molar-refractivity contribution >= 4 is 11.5 Å². The van der Waals surface area contributed by atoms with E-state index in [9.17, 15) is 0 Å². The van der Waals surface area contributed by atoms with E-state index in [4.69, 9.17) is 14.9 Å². The first-order valence-corrected chi connectivity index (χ1v) is 6.59. The number of hydrogen-bond acceptors (Lipinski definition) is 5. The molecule has 3 rings (SSSR count). The molecule has 0 spiro atoms. The Bertz CT molecular complexity index is 620. The molecule has 5 heteroatoms. The summed E-state index contributed by atoms with van der Waals surface area (Å²) in [5.41, 5.74) is 7.72. The average Bonchev–Trinajstić information content (AvgIpc) is 2.93. The van der Waals surface area contributed by atoms with E-state index in [2.05, 4.69) is 10.3 Å². The Morgan fingerprint density at radius 3 is 3.00 bits per heavy atom. The van der Waals surface area contributed by atoms with E-state index in [0.29, 0.717) is 12.4 Å². The third kappa shape index (κ3) is 2.67. The van der Waals surface area contributed by atoms with Crippen LogP contribution in [-0.4, -0.2) is 11.9 Å². The minimum atomic E-state index is -0.162. The first-order chi connectivity index (χ1) is 9.72. The summed E-state index contributed by atoms with van der Waals surface area (Å²) < 4.78 is 10.9. The van der Waals surface area contributed by atoms with Crippen LogP contribution in [0.4, 0.5) is 5.69 Å². The molecule has 1 aromatic carbocycles. The van der Waals surface area contributed by atoms with Gasteiger partial charge in [0.25, 0.3) is 0 Å². The number of nitrogens with zero attached hydrogens (tertiary/aromatic N) is 1. The monoisotopic (exact) mass is 271 g/mol. The highest BCUT2D eigenvalue weighted by Crippen LogP contribution is 2.32. The standard InChI is InChI=1S/C15H17N3O2/c1-10-15(16)18-13-7-11(4-5-14(13)20-10)8-17-9-12-3-2-6-19-12/h2-7,10,17H,8-9H2,1H3,(H2,16,18). The molecule has 104 valence electrons. The maximum Gasteiger partial charge on any atom is 0.153 e. The van der Waals surface area contributed by atoms with Gasteiger partial charge in [-0.25, -0.2) is 4.99 Å². The van der Waals surface area contributed by atoms with E-state index in [1.54, 1.807) is 6.26 Å². The maximum atomic E-state index is 5.80. The van der Waals surface area contributed by atoms with Gasteiger partial charge in [0.15, 0.2) is 6.10 Å². The lowest BCUT2D eigenvalue weighted by molar-refractivity contribution is 0.281. The number of ether oxygens (including phenoxy) is 1. The van der Waals surface area contributed by atoms with Crippen LogP contribution in [0.2, 0.25) is 0 Å². The molecule has 0 saturated heterocycles. The summed E-state index contributed by atoms with van der Waals surface area (Å²) in [4.78, 5) is 4.37. The fourth-order valence-electron chi connectivity index (χ4n) is 2.08. The summed E-state index contributed by atoms with van der Waals surface area (Å²) >= 11 is 0. The molecule has 1 aliphatic heterocycles. The Kier molecular flexibility index (Phi) is 3.43. The molecule has 0 amide bonds. The lowest BCUT2D eigenvalue weighted by atomic mass is 10.1. The van der Waals surface area contributed by atoms with Crippen molar-refractivity contribution in [2.45, 2.75) is 26.1 Å². The highest BCUT2D eigenvalue weighted by molar-refractivity contribution is 5.89. The Balaban J connectivity index is 1.66. The van der Waals surface area contributed by atoms with Crippen LogP contribution >= 0.6 is 0 Å². The Morgan fingerprint density at radius 1 is 1.30 bits per heavy atom. The van der Waals surface area contributed by atoms with Crippen LogP contribution in [0.3, 0.4) is 0 Å². The SMILES string of the molecule is CC1Oc2ccc(CNCc3ccco3)cc2N=C1N. The van der Waals surface area contributed by atoms with Gasteiger partial charge in [0.05, 0.1) is 12.8 Å². The van der Waals surface area contributed by atoms with Crippen molar-refractivity contribution in [1.29, 1.82) is 0 Å². The van der Waals surface area contributed by atoms with E-state index in [1.165, 1.54) is 0 Å². The highest BCUT2D eigenvalue weighted by atomic mass is 16.5. The zero-order chi connectivity index (χ0) is 13.9. The van der Waals surface area contributed by atoms with E-state index in [0.717, 1.165) is 29.3 Å². The molecule has 3 N–H and O–H groups in total. The first-order valence-electron chi connectivity index (χ1n) is 6.59. The number of benzene rings is 1. The molecule has 5 nitrogen and oxygen atoms in total. The van der Waals surface area contributed by atoms with Crippen molar-refractivity contribution in [1.82, 2.24) is 5.32 Å². The quantitative estimate of drug-likeness (QED) is 0.895. The maximum absolute atomic E-state index is 5.80. The second-order valence-electron chi connectivity index (χ2n) is 4.78. The molecule has 2 aromatic rings. The second-order valence-corrected chi connectivity index (χ2v) is 4.78. The van der Waals surface area contributed by atoms with Gasteiger partial charge in [0.1, 0.15) is 23.0 Å². The Morgan fingerprint density at radius 2 is 2.20 bits per heavy atom. The fraction of sp³-hybridized carbons (Fsp3) is 0.267. The third-order valence-electron chi connectivity index (χ3n) is 3.20. The average molecular weight is 271 g/mol. The van der Waals surface area contributed by atoms with Gasteiger partial charge in [0, 0.05) is 6.54 Å². The first kappa shape index (κ1) is 12.7.